The number of halogens is 2. The van der Waals surface area contributed by atoms with Gasteiger partial charge in [0, 0.05) is 8.95 Å². The molecule has 0 fully saturated rings. The van der Waals surface area contributed by atoms with Crippen LogP contribution in [-0.4, -0.2) is 0 Å². The van der Waals surface area contributed by atoms with E-state index in [1.54, 1.807) is 0 Å². The van der Waals surface area contributed by atoms with E-state index in [4.69, 9.17) is 0 Å². The first kappa shape index (κ1) is 21.6. The van der Waals surface area contributed by atoms with Crippen molar-refractivity contribution in [3.8, 4) is 11.1 Å². The molecular formula is C35H20Br2. The van der Waals surface area contributed by atoms with Crippen molar-refractivity contribution in [2.24, 2.45) is 0 Å². The van der Waals surface area contributed by atoms with Crippen molar-refractivity contribution in [3.63, 3.8) is 0 Å². The van der Waals surface area contributed by atoms with Crippen LogP contribution in [0.4, 0.5) is 0 Å². The molecule has 0 unspecified atom stereocenters. The summed E-state index contributed by atoms with van der Waals surface area (Å²) in [4.78, 5) is 0. The summed E-state index contributed by atoms with van der Waals surface area (Å²) in [6.07, 6.45) is 0. The molecule has 0 heterocycles. The van der Waals surface area contributed by atoms with Gasteiger partial charge in [-0.1, -0.05) is 117 Å². The molecule has 37 heavy (non-hydrogen) atoms. The Bertz CT molecular complexity index is 1890. The van der Waals surface area contributed by atoms with Gasteiger partial charge in [0.05, 0.1) is 5.41 Å². The van der Waals surface area contributed by atoms with Gasteiger partial charge in [-0.3, -0.25) is 0 Å². The third-order valence-corrected chi connectivity index (χ3v) is 9.15. The first-order chi connectivity index (χ1) is 18.1. The summed E-state index contributed by atoms with van der Waals surface area (Å²) >= 11 is 7.61. The summed E-state index contributed by atoms with van der Waals surface area (Å²) in [6, 6.07) is 45.1. The van der Waals surface area contributed by atoms with Crippen LogP contribution in [0.5, 0.6) is 0 Å². The zero-order valence-corrected chi connectivity index (χ0v) is 23.0. The van der Waals surface area contributed by atoms with Gasteiger partial charge in [0.15, 0.2) is 0 Å². The number of benzene rings is 7. The predicted molar refractivity (Wildman–Crippen MR) is 163 cm³/mol. The van der Waals surface area contributed by atoms with E-state index in [1.807, 2.05) is 0 Å². The fraction of sp³-hybridized carbons (Fsp3) is 0.0286. The molecule has 7 aromatic rings. The van der Waals surface area contributed by atoms with Crippen LogP contribution in [0.15, 0.2) is 130 Å². The van der Waals surface area contributed by atoms with Crippen LogP contribution in [0.2, 0.25) is 0 Å². The molecule has 0 aliphatic heterocycles. The molecule has 0 aromatic heterocycles. The predicted octanol–water partition coefficient (Wildman–Crippen LogP) is 10.5. The molecule has 8 rings (SSSR count). The lowest BCUT2D eigenvalue weighted by atomic mass is 9.67. The van der Waals surface area contributed by atoms with Gasteiger partial charge < -0.3 is 0 Å². The molecule has 0 nitrogen and oxygen atoms in total. The maximum Gasteiger partial charge on any atom is 0.0714 e. The van der Waals surface area contributed by atoms with Crippen LogP contribution >= 0.6 is 31.9 Å². The average Bonchev–Trinajstić information content (AvgIpc) is 3.21. The minimum absolute atomic E-state index is 0.441. The third-order valence-electron chi connectivity index (χ3n) is 8.16. The minimum atomic E-state index is -0.441. The Balaban J connectivity index is 1.57. The van der Waals surface area contributed by atoms with E-state index < -0.39 is 5.41 Å². The molecule has 7 aromatic carbocycles. The van der Waals surface area contributed by atoms with Crippen LogP contribution < -0.4 is 0 Å². The Kier molecular flexibility index (Phi) is 4.54. The van der Waals surface area contributed by atoms with Crippen LogP contribution in [0, 0.1) is 0 Å². The summed E-state index contributed by atoms with van der Waals surface area (Å²) < 4.78 is 2.19. The summed E-state index contributed by atoms with van der Waals surface area (Å²) in [5.74, 6) is 0. The lowest BCUT2D eigenvalue weighted by molar-refractivity contribution is 0.769. The number of rotatable bonds is 2. The molecule has 0 N–H and O–H groups in total. The normalized spacial score (nSPS) is 13.9. The lowest BCUT2D eigenvalue weighted by Gasteiger charge is -2.34. The Hall–Kier alpha value is -3.46. The van der Waals surface area contributed by atoms with Crippen LogP contribution in [-0.2, 0) is 5.41 Å². The highest BCUT2D eigenvalue weighted by molar-refractivity contribution is 9.10. The number of hydrogen-bond acceptors (Lipinski definition) is 0. The van der Waals surface area contributed by atoms with Crippen LogP contribution in [0.1, 0.15) is 22.3 Å². The van der Waals surface area contributed by atoms with E-state index in [1.165, 1.54) is 65.7 Å². The molecule has 0 bridgehead atoms. The molecule has 0 radical (unpaired) electrons. The minimum Gasteiger partial charge on any atom is -0.0622 e. The molecule has 0 amide bonds. The van der Waals surface area contributed by atoms with E-state index in [0.29, 0.717) is 0 Å². The molecule has 0 atom stereocenters. The van der Waals surface area contributed by atoms with Crippen LogP contribution in [0.3, 0.4) is 0 Å². The van der Waals surface area contributed by atoms with Crippen molar-refractivity contribution >= 4 is 64.2 Å². The summed E-state index contributed by atoms with van der Waals surface area (Å²) in [5.41, 5.74) is 7.34. The second-order valence-corrected chi connectivity index (χ2v) is 11.8. The Morgan fingerprint density at radius 2 is 0.919 bits per heavy atom. The van der Waals surface area contributed by atoms with E-state index in [-0.39, 0.29) is 0 Å². The van der Waals surface area contributed by atoms with E-state index in [9.17, 15) is 0 Å². The molecular weight excluding hydrogens is 580 g/mol. The molecule has 0 saturated heterocycles. The first-order valence-electron chi connectivity index (χ1n) is 12.5. The highest BCUT2D eigenvalue weighted by Crippen LogP contribution is 2.57. The number of hydrogen-bond donors (Lipinski definition) is 0. The lowest BCUT2D eigenvalue weighted by Crippen LogP contribution is -2.28. The standard InChI is InChI=1S/C35H20Br2/c36-27-13-15-29-30-16-14-28(37)20-32(30)35(31(29)19-27,25-7-2-1-3-8-25)26-17-23-11-9-21-5-4-6-22-10-12-24(18-26)34(23)33(21)22/h1-20H. The maximum atomic E-state index is 3.80. The molecule has 0 saturated carbocycles. The van der Waals surface area contributed by atoms with E-state index in [2.05, 4.69) is 153 Å². The first-order valence-corrected chi connectivity index (χ1v) is 14.1. The summed E-state index contributed by atoms with van der Waals surface area (Å²) in [5, 5.41) is 7.87. The van der Waals surface area contributed by atoms with Gasteiger partial charge in [-0.15, -0.1) is 0 Å². The average molecular weight is 600 g/mol. The van der Waals surface area contributed by atoms with Crippen LogP contribution in [0.25, 0.3) is 43.4 Å². The quantitative estimate of drug-likeness (QED) is 0.173. The van der Waals surface area contributed by atoms with Gasteiger partial charge >= 0.3 is 0 Å². The second kappa shape index (κ2) is 7.77. The summed E-state index contributed by atoms with van der Waals surface area (Å²) in [6.45, 7) is 0. The van der Waals surface area contributed by atoms with Crippen molar-refractivity contribution in [1.29, 1.82) is 0 Å². The van der Waals surface area contributed by atoms with Crippen molar-refractivity contribution in [3.05, 3.63) is 153 Å². The van der Waals surface area contributed by atoms with Crippen molar-refractivity contribution in [1.82, 2.24) is 0 Å². The van der Waals surface area contributed by atoms with Crippen molar-refractivity contribution < 1.29 is 0 Å². The smallest absolute Gasteiger partial charge is 0.0622 e. The topological polar surface area (TPSA) is 0 Å². The molecule has 174 valence electrons. The van der Waals surface area contributed by atoms with Gasteiger partial charge in [-0.2, -0.15) is 0 Å². The van der Waals surface area contributed by atoms with Crippen molar-refractivity contribution in [2.75, 3.05) is 0 Å². The second-order valence-electron chi connectivity index (χ2n) is 10.0. The maximum absolute atomic E-state index is 3.80. The van der Waals surface area contributed by atoms with E-state index >= 15 is 0 Å². The van der Waals surface area contributed by atoms with Gasteiger partial charge in [0.2, 0.25) is 0 Å². The van der Waals surface area contributed by atoms with Gasteiger partial charge in [-0.25, -0.2) is 0 Å². The molecule has 1 aliphatic carbocycles. The third kappa shape index (κ3) is 2.89. The largest absolute Gasteiger partial charge is 0.0714 e. The van der Waals surface area contributed by atoms with Gasteiger partial charge in [0.25, 0.3) is 0 Å². The molecule has 2 heteroatoms. The monoisotopic (exact) mass is 598 g/mol. The zero-order chi connectivity index (χ0) is 24.7. The highest BCUT2D eigenvalue weighted by atomic mass is 79.9. The Labute approximate surface area is 232 Å². The Morgan fingerprint density at radius 3 is 1.49 bits per heavy atom. The molecule has 0 spiro atoms. The molecule has 1 aliphatic rings. The summed E-state index contributed by atoms with van der Waals surface area (Å²) in [7, 11) is 0. The number of fused-ring (bicyclic) bond motifs is 3. The van der Waals surface area contributed by atoms with Gasteiger partial charge in [0.1, 0.15) is 0 Å². The SMILES string of the molecule is Brc1ccc2c(c1)C(c1ccccc1)(c1cc3ccc4cccc5ccc(c1)c3c45)c1cc(Br)ccc1-2. The highest BCUT2D eigenvalue weighted by Gasteiger charge is 2.46. The fourth-order valence-electron chi connectivity index (χ4n) is 6.72. The van der Waals surface area contributed by atoms with E-state index in [0.717, 1.165) is 8.95 Å². The van der Waals surface area contributed by atoms with Crippen molar-refractivity contribution in [2.45, 2.75) is 5.41 Å². The van der Waals surface area contributed by atoms with Gasteiger partial charge in [-0.05, 0) is 102 Å². The fourth-order valence-corrected chi connectivity index (χ4v) is 7.44. The zero-order valence-electron chi connectivity index (χ0n) is 19.8. The Morgan fingerprint density at radius 1 is 0.405 bits per heavy atom.